The second kappa shape index (κ2) is 10.3. The number of pyridine rings is 1. The Hall–Kier alpha value is -4.19. The number of sulfonamides is 1. The standard InChI is InChI=1S/C26H23F3N4O4S/c1-4-32-14-19(16-9-11-30-12-10-16)25(31-32)23-18(15(2)3)6-8-21(24(23)29)33(26(34)35)38(36,37)22-13-17(27)5-7-20(22)28/h5-15H,4H2,1-3H3,(H,34,35). The third-order valence-electron chi connectivity index (χ3n) is 5.89. The summed E-state index contributed by atoms with van der Waals surface area (Å²) in [6, 6.07) is 7.33. The first-order chi connectivity index (χ1) is 18.0. The SMILES string of the molecule is CCn1cc(-c2ccncc2)c(-c2c(C(C)C)ccc(N(C(=O)O)S(=O)(=O)c3cc(F)ccc3F)c2F)n1. The van der Waals surface area contributed by atoms with Crippen LogP contribution in [0.5, 0.6) is 0 Å². The molecule has 198 valence electrons. The monoisotopic (exact) mass is 544 g/mol. The second-order valence-corrected chi connectivity index (χ2v) is 10.4. The zero-order chi connectivity index (χ0) is 27.8. The molecule has 2 aromatic heterocycles. The summed E-state index contributed by atoms with van der Waals surface area (Å²) < 4.78 is 72.4. The summed E-state index contributed by atoms with van der Waals surface area (Å²) in [7, 11) is -5.28. The molecule has 2 aromatic carbocycles. The number of halogens is 3. The molecular formula is C26H23F3N4O4S. The average Bonchev–Trinajstić information content (AvgIpc) is 3.30. The van der Waals surface area contributed by atoms with Crippen molar-refractivity contribution in [2.45, 2.75) is 38.1 Å². The minimum Gasteiger partial charge on any atom is -0.464 e. The zero-order valence-electron chi connectivity index (χ0n) is 20.6. The summed E-state index contributed by atoms with van der Waals surface area (Å²) in [5, 5.41) is 14.4. The highest BCUT2D eigenvalue weighted by Crippen LogP contribution is 2.41. The van der Waals surface area contributed by atoms with Crippen molar-refractivity contribution in [3.05, 3.63) is 84.1 Å². The van der Waals surface area contributed by atoms with Crippen LogP contribution >= 0.6 is 0 Å². The van der Waals surface area contributed by atoms with E-state index in [9.17, 15) is 27.1 Å². The molecule has 1 amide bonds. The third kappa shape index (κ3) is 4.74. The maximum absolute atomic E-state index is 16.4. The van der Waals surface area contributed by atoms with Crippen molar-refractivity contribution in [1.29, 1.82) is 0 Å². The predicted octanol–water partition coefficient (Wildman–Crippen LogP) is 6.05. The molecule has 0 spiro atoms. The van der Waals surface area contributed by atoms with Gasteiger partial charge in [-0.15, -0.1) is 0 Å². The van der Waals surface area contributed by atoms with Crippen molar-refractivity contribution in [2.24, 2.45) is 0 Å². The summed E-state index contributed by atoms with van der Waals surface area (Å²) in [6.07, 6.45) is 2.67. The normalized spacial score (nSPS) is 11.7. The number of anilines is 1. The minimum atomic E-state index is -5.28. The first-order valence-corrected chi connectivity index (χ1v) is 12.9. The van der Waals surface area contributed by atoms with Gasteiger partial charge in [-0.2, -0.15) is 9.40 Å². The number of aromatic nitrogens is 3. The molecule has 4 aromatic rings. The van der Waals surface area contributed by atoms with Gasteiger partial charge in [0.1, 0.15) is 27.9 Å². The van der Waals surface area contributed by atoms with Crippen molar-refractivity contribution in [1.82, 2.24) is 14.8 Å². The number of hydrogen-bond acceptors (Lipinski definition) is 5. The third-order valence-corrected chi connectivity index (χ3v) is 7.60. The van der Waals surface area contributed by atoms with Gasteiger partial charge in [-0.25, -0.2) is 26.4 Å². The maximum Gasteiger partial charge on any atom is 0.426 e. The molecule has 8 nitrogen and oxygen atoms in total. The van der Waals surface area contributed by atoms with E-state index in [0.717, 1.165) is 6.07 Å². The van der Waals surface area contributed by atoms with E-state index in [4.69, 9.17) is 0 Å². The van der Waals surface area contributed by atoms with Crippen molar-refractivity contribution in [2.75, 3.05) is 4.31 Å². The number of carbonyl (C=O) groups is 1. The molecule has 38 heavy (non-hydrogen) atoms. The number of carboxylic acid groups (broad SMARTS) is 1. The molecule has 0 aliphatic rings. The first-order valence-electron chi connectivity index (χ1n) is 11.5. The van der Waals surface area contributed by atoms with Crippen molar-refractivity contribution in [3.63, 3.8) is 0 Å². The Morgan fingerprint density at radius 1 is 1.08 bits per heavy atom. The van der Waals surface area contributed by atoms with Crippen LogP contribution in [0.4, 0.5) is 23.7 Å². The lowest BCUT2D eigenvalue weighted by Gasteiger charge is -2.23. The summed E-state index contributed by atoms with van der Waals surface area (Å²) >= 11 is 0. The number of hydrogen-bond donors (Lipinski definition) is 1. The molecule has 2 heterocycles. The van der Waals surface area contributed by atoms with E-state index in [2.05, 4.69) is 10.1 Å². The molecule has 0 fully saturated rings. The van der Waals surface area contributed by atoms with Gasteiger partial charge in [-0.05, 0) is 60.4 Å². The molecule has 0 atom stereocenters. The number of nitrogens with zero attached hydrogens (tertiary/aromatic N) is 4. The largest absolute Gasteiger partial charge is 0.464 e. The quantitative estimate of drug-likeness (QED) is 0.304. The van der Waals surface area contributed by atoms with Crippen molar-refractivity contribution >= 4 is 21.8 Å². The van der Waals surface area contributed by atoms with E-state index >= 15 is 4.39 Å². The lowest BCUT2D eigenvalue weighted by atomic mass is 9.91. The summed E-state index contributed by atoms with van der Waals surface area (Å²) in [6.45, 7) is 5.84. The fourth-order valence-corrected chi connectivity index (χ4v) is 5.46. The molecule has 0 aliphatic heterocycles. The molecule has 0 saturated carbocycles. The Bertz CT molecular complexity index is 1620. The van der Waals surface area contributed by atoms with Crippen LogP contribution in [0, 0.1) is 17.5 Å². The zero-order valence-corrected chi connectivity index (χ0v) is 21.4. The molecule has 0 bridgehead atoms. The molecule has 0 saturated heterocycles. The Balaban J connectivity index is 2.03. The van der Waals surface area contributed by atoms with Gasteiger partial charge in [0.2, 0.25) is 0 Å². The highest BCUT2D eigenvalue weighted by atomic mass is 32.2. The number of benzene rings is 2. The molecule has 4 rings (SSSR count). The Labute approximate surface area is 217 Å². The van der Waals surface area contributed by atoms with Crippen LogP contribution in [0.2, 0.25) is 0 Å². The van der Waals surface area contributed by atoms with E-state index in [1.54, 1.807) is 49.3 Å². The molecule has 0 radical (unpaired) electrons. The first kappa shape index (κ1) is 26.9. The van der Waals surface area contributed by atoms with Crippen molar-refractivity contribution in [3.8, 4) is 22.4 Å². The molecule has 0 unspecified atom stereocenters. The minimum absolute atomic E-state index is 0.113. The molecule has 1 N–H and O–H groups in total. The highest BCUT2D eigenvalue weighted by Gasteiger charge is 2.37. The lowest BCUT2D eigenvalue weighted by Crippen LogP contribution is -2.37. The van der Waals surface area contributed by atoms with Gasteiger partial charge in [-0.1, -0.05) is 19.9 Å². The summed E-state index contributed by atoms with van der Waals surface area (Å²) in [5.74, 6) is -3.98. The van der Waals surface area contributed by atoms with Crippen LogP contribution in [0.1, 0.15) is 32.3 Å². The Morgan fingerprint density at radius 2 is 1.76 bits per heavy atom. The molecule has 0 aliphatic carbocycles. The smallest absolute Gasteiger partial charge is 0.426 e. The number of amides is 1. The number of rotatable bonds is 7. The van der Waals surface area contributed by atoms with Crippen LogP contribution in [-0.2, 0) is 16.6 Å². The average molecular weight is 545 g/mol. The molecule has 12 heteroatoms. The maximum atomic E-state index is 16.4. The molecular weight excluding hydrogens is 521 g/mol. The fourth-order valence-electron chi connectivity index (χ4n) is 4.08. The highest BCUT2D eigenvalue weighted by molar-refractivity contribution is 7.93. The second-order valence-electron chi connectivity index (χ2n) is 8.63. The van der Waals surface area contributed by atoms with E-state index in [-0.39, 0.29) is 21.5 Å². The van der Waals surface area contributed by atoms with Gasteiger partial charge < -0.3 is 5.11 Å². The Morgan fingerprint density at radius 3 is 2.37 bits per heavy atom. The van der Waals surface area contributed by atoms with E-state index in [0.29, 0.717) is 41.4 Å². The van der Waals surface area contributed by atoms with E-state index < -0.39 is 44.2 Å². The van der Waals surface area contributed by atoms with Crippen LogP contribution in [0.25, 0.3) is 22.4 Å². The van der Waals surface area contributed by atoms with Gasteiger partial charge in [0.15, 0.2) is 5.82 Å². The Kier molecular flexibility index (Phi) is 7.27. The van der Waals surface area contributed by atoms with Gasteiger partial charge in [0.25, 0.3) is 10.0 Å². The van der Waals surface area contributed by atoms with Crippen molar-refractivity contribution < 1.29 is 31.5 Å². The van der Waals surface area contributed by atoms with Gasteiger partial charge in [0.05, 0.1) is 0 Å². The van der Waals surface area contributed by atoms with Crippen LogP contribution in [0.15, 0.2) is 66.0 Å². The van der Waals surface area contributed by atoms with Crippen LogP contribution < -0.4 is 4.31 Å². The van der Waals surface area contributed by atoms with Crippen LogP contribution in [-0.4, -0.2) is 34.4 Å². The summed E-state index contributed by atoms with van der Waals surface area (Å²) in [5.41, 5.74) is 0.750. The topological polar surface area (TPSA) is 105 Å². The number of aryl methyl sites for hydroxylation is 1. The van der Waals surface area contributed by atoms with Gasteiger partial charge in [-0.3, -0.25) is 9.67 Å². The van der Waals surface area contributed by atoms with E-state index in [1.165, 1.54) is 6.07 Å². The van der Waals surface area contributed by atoms with Crippen LogP contribution in [0.3, 0.4) is 0 Å². The summed E-state index contributed by atoms with van der Waals surface area (Å²) in [4.78, 5) is 15.0. The van der Waals surface area contributed by atoms with E-state index in [1.807, 2.05) is 6.92 Å². The predicted molar refractivity (Wildman–Crippen MR) is 135 cm³/mol. The fraction of sp³-hybridized carbons (Fsp3) is 0.192. The van der Waals surface area contributed by atoms with Gasteiger partial charge in [0, 0.05) is 36.3 Å². The van der Waals surface area contributed by atoms with Gasteiger partial charge >= 0.3 is 6.09 Å². The lowest BCUT2D eigenvalue weighted by molar-refractivity contribution is 0.206.